The minimum absolute atomic E-state index is 0.0482. The molecule has 6 heteroatoms. The van der Waals surface area contributed by atoms with Gasteiger partial charge in [0.1, 0.15) is 11.6 Å². The van der Waals surface area contributed by atoms with Crippen LogP contribution in [0.25, 0.3) is 22.4 Å². The molecule has 1 N–H and O–H groups in total. The van der Waals surface area contributed by atoms with Crippen LogP contribution in [0.2, 0.25) is 0 Å². The lowest BCUT2D eigenvalue weighted by Crippen LogP contribution is -2.03. The van der Waals surface area contributed by atoms with E-state index in [2.05, 4.69) is 14.7 Å². The summed E-state index contributed by atoms with van der Waals surface area (Å²) in [5.74, 6) is 0.461. The Bertz CT molecular complexity index is 836. The molecule has 0 bridgehead atoms. The van der Waals surface area contributed by atoms with Crippen LogP contribution in [0.4, 0.5) is 8.78 Å². The summed E-state index contributed by atoms with van der Waals surface area (Å²) in [6.07, 6.45) is 0. The van der Waals surface area contributed by atoms with E-state index in [1.165, 1.54) is 6.07 Å². The van der Waals surface area contributed by atoms with Gasteiger partial charge < -0.3 is 9.72 Å². The molecule has 0 amide bonds. The third kappa shape index (κ3) is 2.54. The minimum atomic E-state index is -2.90. The average molecular weight is 285 g/mol. The molecule has 0 saturated carbocycles. The highest BCUT2D eigenvalue weighted by atomic mass is 19.3. The molecule has 4 nitrogen and oxygen atoms in total. The van der Waals surface area contributed by atoms with Gasteiger partial charge in [-0.25, -0.2) is 4.98 Å². The third-order valence-corrected chi connectivity index (χ3v) is 2.97. The summed E-state index contributed by atoms with van der Waals surface area (Å²) >= 11 is 0. The zero-order chi connectivity index (χ0) is 14.8. The Labute approximate surface area is 118 Å². The van der Waals surface area contributed by atoms with Gasteiger partial charge >= 0.3 is 6.61 Å². The fraction of sp³-hybridized carbons (Fsp3) is 0.0667. The van der Waals surface area contributed by atoms with Gasteiger partial charge in [0.2, 0.25) is 0 Å². The van der Waals surface area contributed by atoms with Crippen molar-refractivity contribution in [3.8, 4) is 23.2 Å². The molecule has 0 atom stereocenters. The standard InChI is InChI=1S/C15H9F2N3O/c16-15(17)21-13-4-2-1-3-10(13)14-19-11-6-5-9(8-18)7-12(11)20-14/h1-7,15H,(H,19,20). The molecule has 0 saturated heterocycles. The number of nitriles is 1. The molecule has 0 fully saturated rings. The summed E-state index contributed by atoms with van der Waals surface area (Å²) < 4.78 is 29.4. The van der Waals surface area contributed by atoms with Gasteiger partial charge in [0.15, 0.2) is 0 Å². The maximum atomic E-state index is 12.4. The number of H-pyrrole nitrogens is 1. The highest BCUT2D eigenvalue weighted by molar-refractivity contribution is 5.81. The molecular weight excluding hydrogens is 276 g/mol. The van der Waals surface area contributed by atoms with E-state index < -0.39 is 6.61 Å². The van der Waals surface area contributed by atoms with Gasteiger partial charge in [0, 0.05) is 0 Å². The summed E-state index contributed by atoms with van der Waals surface area (Å²) in [6.45, 7) is -2.90. The molecule has 2 aromatic carbocycles. The summed E-state index contributed by atoms with van der Waals surface area (Å²) in [6, 6.07) is 13.4. The van der Waals surface area contributed by atoms with Crippen LogP contribution in [0.3, 0.4) is 0 Å². The van der Waals surface area contributed by atoms with E-state index in [0.29, 0.717) is 28.0 Å². The van der Waals surface area contributed by atoms with Gasteiger partial charge in [-0.3, -0.25) is 0 Å². The van der Waals surface area contributed by atoms with Crippen molar-refractivity contribution < 1.29 is 13.5 Å². The quantitative estimate of drug-likeness (QED) is 0.798. The molecule has 104 valence electrons. The number of aromatic amines is 1. The van der Waals surface area contributed by atoms with E-state index >= 15 is 0 Å². The first kappa shape index (κ1) is 13.1. The molecule has 0 aliphatic carbocycles. The SMILES string of the molecule is N#Cc1ccc2nc(-c3ccccc3OC(F)F)[nH]c2c1. The molecule has 0 aliphatic rings. The molecule has 1 heterocycles. The van der Waals surface area contributed by atoms with E-state index in [1.54, 1.807) is 36.4 Å². The fourth-order valence-corrected chi connectivity index (χ4v) is 2.07. The molecule has 0 spiro atoms. The van der Waals surface area contributed by atoms with Crippen LogP contribution in [0.5, 0.6) is 5.75 Å². The molecule has 3 rings (SSSR count). The van der Waals surface area contributed by atoms with Gasteiger partial charge in [0.25, 0.3) is 0 Å². The highest BCUT2D eigenvalue weighted by Gasteiger charge is 2.13. The number of ether oxygens (including phenoxy) is 1. The number of alkyl halides is 2. The number of nitrogens with zero attached hydrogens (tertiary/aromatic N) is 2. The van der Waals surface area contributed by atoms with Crippen molar-refractivity contribution in [1.82, 2.24) is 9.97 Å². The second-order valence-electron chi connectivity index (χ2n) is 4.30. The second kappa shape index (κ2) is 5.21. The van der Waals surface area contributed by atoms with Crippen LogP contribution in [-0.2, 0) is 0 Å². The summed E-state index contributed by atoms with van der Waals surface area (Å²) in [7, 11) is 0. The summed E-state index contributed by atoms with van der Waals surface area (Å²) in [5, 5.41) is 8.88. The highest BCUT2D eigenvalue weighted by Crippen LogP contribution is 2.30. The number of imidazole rings is 1. The van der Waals surface area contributed by atoms with Crippen molar-refractivity contribution in [3.63, 3.8) is 0 Å². The number of hydrogen-bond donors (Lipinski definition) is 1. The maximum Gasteiger partial charge on any atom is 0.387 e. The lowest BCUT2D eigenvalue weighted by molar-refractivity contribution is -0.0494. The zero-order valence-corrected chi connectivity index (χ0v) is 10.7. The zero-order valence-electron chi connectivity index (χ0n) is 10.7. The second-order valence-corrected chi connectivity index (χ2v) is 4.30. The van der Waals surface area contributed by atoms with Crippen molar-refractivity contribution in [1.29, 1.82) is 5.26 Å². The van der Waals surface area contributed by atoms with Gasteiger partial charge in [0.05, 0.1) is 28.2 Å². The Hall–Kier alpha value is -2.94. The van der Waals surface area contributed by atoms with Gasteiger partial charge in [-0.1, -0.05) is 12.1 Å². The van der Waals surface area contributed by atoms with Crippen molar-refractivity contribution in [2.75, 3.05) is 0 Å². The van der Waals surface area contributed by atoms with E-state index in [-0.39, 0.29) is 5.75 Å². The lowest BCUT2D eigenvalue weighted by Gasteiger charge is -2.08. The number of para-hydroxylation sites is 1. The lowest BCUT2D eigenvalue weighted by atomic mass is 10.2. The average Bonchev–Trinajstić information content (AvgIpc) is 2.89. The number of aromatic nitrogens is 2. The van der Waals surface area contributed by atoms with Crippen LogP contribution < -0.4 is 4.74 Å². The molecule has 0 unspecified atom stereocenters. The topological polar surface area (TPSA) is 61.7 Å². The smallest absolute Gasteiger partial charge is 0.387 e. The van der Waals surface area contributed by atoms with Gasteiger partial charge in [-0.2, -0.15) is 14.0 Å². The van der Waals surface area contributed by atoms with E-state index in [1.807, 2.05) is 6.07 Å². The predicted molar refractivity (Wildman–Crippen MR) is 72.9 cm³/mol. The Morgan fingerprint density at radius 3 is 2.76 bits per heavy atom. The molecule has 21 heavy (non-hydrogen) atoms. The number of halogens is 2. The first-order chi connectivity index (χ1) is 10.2. The maximum absolute atomic E-state index is 12.4. The van der Waals surface area contributed by atoms with Crippen molar-refractivity contribution in [2.24, 2.45) is 0 Å². The Morgan fingerprint density at radius 1 is 1.19 bits per heavy atom. The third-order valence-electron chi connectivity index (χ3n) is 2.97. The number of rotatable bonds is 3. The fourth-order valence-electron chi connectivity index (χ4n) is 2.07. The molecule has 1 aromatic heterocycles. The van der Waals surface area contributed by atoms with Crippen LogP contribution in [0.1, 0.15) is 5.56 Å². The van der Waals surface area contributed by atoms with Gasteiger partial charge in [-0.15, -0.1) is 0 Å². The number of fused-ring (bicyclic) bond motifs is 1. The van der Waals surface area contributed by atoms with Crippen molar-refractivity contribution in [2.45, 2.75) is 6.61 Å². The Morgan fingerprint density at radius 2 is 2.00 bits per heavy atom. The van der Waals surface area contributed by atoms with Crippen molar-refractivity contribution in [3.05, 3.63) is 48.0 Å². The van der Waals surface area contributed by atoms with E-state index in [9.17, 15) is 8.78 Å². The van der Waals surface area contributed by atoms with Gasteiger partial charge in [-0.05, 0) is 30.3 Å². The van der Waals surface area contributed by atoms with Crippen LogP contribution in [0.15, 0.2) is 42.5 Å². The first-order valence-corrected chi connectivity index (χ1v) is 6.11. The Kier molecular flexibility index (Phi) is 3.24. The molecule has 0 aliphatic heterocycles. The van der Waals surface area contributed by atoms with Crippen LogP contribution >= 0.6 is 0 Å². The van der Waals surface area contributed by atoms with Crippen molar-refractivity contribution >= 4 is 11.0 Å². The number of benzene rings is 2. The predicted octanol–water partition coefficient (Wildman–Crippen LogP) is 3.70. The minimum Gasteiger partial charge on any atom is -0.434 e. The van der Waals surface area contributed by atoms with Crippen LogP contribution in [-0.4, -0.2) is 16.6 Å². The van der Waals surface area contributed by atoms with E-state index in [4.69, 9.17) is 5.26 Å². The Balaban J connectivity index is 2.10. The monoisotopic (exact) mass is 285 g/mol. The van der Waals surface area contributed by atoms with E-state index in [0.717, 1.165) is 0 Å². The number of nitrogens with one attached hydrogen (secondary N) is 1. The van der Waals surface area contributed by atoms with Crippen LogP contribution in [0, 0.1) is 11.3 Å². The molecule has 0 radical (unpaired) electrons. The largest absolute Gasteiger partial charge is 0.434 e. The molecular formula is C15H9F2N3O. The summed E-state index contributed by atoms with van der Waals surface area (Å²) in [5.41, 5.74) is 2.24. The number of hydrogen-bond acceptors (Lipinski definition) is 3. The summed E-state index contributed by atoms with van der Waals surface area (Å²) in [4.78, 5) is 7.35. The normalized spacial score (nSPS) is 10.8. The first-order valence-electron chi connectivity index (χ1n) is 6.11. The molecule has 3 aromatic rings.